The second kappa shape index (κ2) is 7.99. The van der Waals surface area contributed by atoms with E-state index < -0.39 is 0 Å². The molecule has 0 radical (unpaired) electrons. The number of nitrogens with zero attached hydrogens (tertiary/aromatic N) is 2. The number of carbonyl (C=O) groups excluding carboxylic acids is 2. The van der Waals surface area contributed by atoms with Crippen LogP contribution in [0.4, 0.5) is 0 Å². The van der Waals surface area contributed by atoms with Crippen LogP contribution in [0.25, 0.3) is 0 Å². The summed E-state index contributed by atoms with van der Waals surface area (Å²) in [7, 11) is 1.57. The number of pyridine rings is 1. The number of benzene rings is 1. The molecular formula is C20H23N3O3. The van der Waals surface area contributed by atoms with E-state index >= 15 is 0 Å². The van der Waals surface area contributed by atoms with Crippen molar-refractivity contribution < 1.29 is 14.3 Å². The summed E-state index contributed by atoms with van der Waals surface area (Å²) >= 11 is 0. The highest BCUT2D eigenvalue weighted by atomic mass is 16.5. The summed E-state index contributed by atoms with van der Waals surface area (Å²) < 4.78 is 5.17. The smallest absolute Gasteiger partial charge is 0.254 e. The topological polar surface area (TPSA) is 71.5 Å². The van der Waals surface area contributed by atoms with Crippen LogP contribution < -0.4 is 10.1 Å². The molecule has 3 rings (SSSR count). The molecule has 1 aliphatic heterocycles. The normalized spacial score (nSPS) is 16.4. The van der Waals surface area contributed by atoms with Crippen molar-refractivity contribution in [1.82, 2.24) is 15.2 Å². The number of nitrogens with one attached hydrogen (secondary N) is 1. The van der Waals surface area contributed by atoms with Gasteiger partial charge in [0.15, 0.2) is 0 Å². The van der Waals surface area contributed by atoms with Gasteiger partial charge in [-0.15, -0.1) is 0 Å². The maximum absolute atomic E-state index is 12.6. The second-order valence-electron chi connectivity index (χ2n) is 6.45. The fourth-order valence-corrected chi connectivity index (χ4v) is 3.12. The van der Waals surface area contributed by atoms with E-state index in [0.29, 0.717) is 37.4 Å². The first-order chi connectivity index (χ1) is 12.6. The summed E-state index contributed by atoms with van der Waals surface area (Å²) in [6.45, 7) is 3.39. The largest absolute Gasteiger partial charge is 0.497 e. The molecule has 0 bridgehead atoms. The standard InChI is InChI=1S/C20H23N3O3/c1-14-5-4-9-21-18(14)12-22-19(24)16-8-10-23(13-16)20(25)15-6-3-7-17(11-15)26-2/h3-7,9,11,16H,8,10,12-13H2,1-2H3,(H,22,24)/t16-/m0/s1. The van der Waals surface area contributed by atoms with Crippen molar-refractivity contribution >= 4 is 11.8 Å². The molecule has 1 saturated heterocycles. The van der Waals surface area contributed by atoms with Crippen LogP contribution in [0, 0.1) is 12.8 Å². The zero-order chi connectivity index (χ0) is 18.5. The summed E-state index contributed by atoms with van der Waals surface area (Å²) in [4.78, 5) is 31.1. The SMILES string of the molecule is COc1cccc(C(=O)N2CC[C@H](C(=O)NCc3ncccc3C)C2)c1. The molecular weight excluding hydrogens is 330 g/mol. The molecule has 1 aromatic heterocycles. The highest BCUT2D eigenvalue weighted by Gasteiger charge is 2.31. The van der Waals surface area contributed by atoms with Gasteiger partial charge in [-0.05, 0) is 43.2 Å². The maximum Gasteiger partial charge on any atom is 0.254 e. The number of ether oxygens (including phenoxy) is 1. The van der Waals surface area contributed by atoms with E-state index in [-0.39, 0.29) is 17.7 Å². The van der Waals surface area contributed by atoms with Gasteiger partial charge in [0, 0.05) is 24.8 Å². The number of hydrogen-bond acceptors (Lipinski definition) is 4. The van der Waals surface area contributed by atoms with Gasteiger partial charge < -0.3 is 15.0 Å². The van der Waals surface area contributed by atoms with E-state index in [1.54, 1.807) is 42.5 Å². The molecule has 1 aromatic carbocycles. The quantitative estimate of drug-likeness (QED) is 0.894. The second-order valence-corrected chi connectivity index (χ2v) is 6.45. The summed E-state index contributed by atoms with van der Waals surface area (Å²) in [5, 5.41) is 2.94. The molecule has 0 unspecified atom stereocenters. The Bertz CT molecular complexity index is 806. The molecule has 0 saturated carbocycles. The van der Waals surface area contributed by atoms with Gasteiger partial charge in [-0.25, -0.2) is 0 Å². The van der Waals surface area contributed by atoms with Crippen LogP contribution >= 0.6 is 0 Å². The van der Waals surface area contributed by atoms with Crippen LogP contribution in [-0.2, 0) is 11.3 Å². The van der Waals surface area contributed by atoms with Crippen molar-refractivity contribution in [2.75, 3.05) is 20.2 Å². The average molecular weight is 353 g/mol. The first-order valence-electron chi connectivity index (χ1n) is 8.70. The third-order valence-electron chi connectivity index (χ3n) is 4.71. The van der Waals surface area contributed by atoms with Gasteiger partial charge in [-0.1, -0.05) is 12.1 Å². The van der Waals surface area contributed by atoms with Crippen LogP contribution in [0.15, 0.2) is 42.6 Å². The highest BCUT2D eigenvalue weighted by Crippen LogP contribution is 2.21. The van der Waals surface area contributed by atoms with Crippen LogP contribution in [-0.4, -0.2) is 41.9 Å². The zero-order valence-electron chi connectivity index (χ0n) is 15.1. The van der Waals surface area contributed by atoms with E-state index in [0.717, 1.165) is 11.3 Å². The number of amides is 2. The first kappa shape index (κ1) is 17.9. The van der Waals surface area contributed by atoms with Gasteiger partial charge in [0.05, 0.1) is 25.3 Å². The number of aryl methyl sites for hydroxylation is 1. The van der Waals surface area contributed by atoms with Crippen LogP contribution in [0.3, 0.4) is 0 Å². The average Bonchev–Trinajstić information content (AvgIpc) is 3.17. The van der Waals surface area contributed by atoms with Crippen molar-refractivity contribution in [3.63, 3.8) is 0 Å². The molecule has 0 spiro atoms. The van der Waals surface area contributed by atoms with E-state index in [1.165, 1.54) is 0 Å². The Hall–Kier alpha value is -2.89. The Balaban J connectivity index is 1.56. The number of carbonyl (C=O) groups is 2. The maximum atomic E-state index is 12.6. The predicted octanol–water partition coefficient (Wildman–Crippen LogP) is 2.18. The molecule has 136 valence electrons. The van der Waals surface area contributed by atoms with Crippen molar-refractivity contribution in [3.05, 3.63) is 59.4 Å². The molecule has 6 heteroatoms. The lowest BCUT2D eigenvalue weighted by atomic mass is 10.1. The van der Waals surface area contributed by atoms with Gasteiger partial charge in [0.25, 0.3) is 5.91 Å². The Morgan fingerprint density at radius 3 is 2.92 bits per heavy atom. The Morgan fingerprint density at radius 2 is 2.15 bits per heavy atom. The minimum absolute atomic E-state index is 0.0315. The van der Waals surface area contributed by atoms with E-state index in [4.69, 9.17) is 4.74 Å². The number of rotatable bonds is 5. The molecule has 2 amide bonds. The van der Waals surface area contributed by atoms with E-state index in [1.807, 2.05) is 19.1 Å². The molecule has 2 aromatic rings. The van der Waals surface area contributed by atoms with Crippen LogP contribution in [0.2, 0.25) is 0 Å². The van der Waals surface area contributed by atoms with E-state index in [2.05, 4.69) is 10.3 Å². The molecule has 1 N–H and O–H groups in total. The number of hydrogen-bond donors (Lipinski definition) is 1. The number of methoxy groups -OCH3 is 1. The third kappa shape index (κ3) is 4.02. The Morgan fingerprint density at radius 1 is 1.31 bits per heavy atom. The van der Waals surface area contributed by atoms with Gasteiger partial charge in [-0.3, -0.25) is 14.6 Å². The number of aromatic nitrogens is 1. The summed E-state index contributed by atoms with van der Waals surface area (Å²) in [5.41, 5.74) is 2.49. The van der Waals surface area contributed by atoms with Crippen molar-refractivity contribution in [3.8, 4) is 5.75 Å². The van der Waals surface area contributed by atoms with Gasteiger partial charge >= 0.3 is 0 Å². The summed E-state index contributed by atoms with van der Waals surface area (Å²) in [6, 6.07) is 10.9. The third-order valence-corrected chi connectivity index (χ3v) is 4.71. The monoisotopic (exact) mass is 353 g/mol. The predicted molar refractivity (Wildman–Crippen MR) is 97.8 cm³/mol. The van der Waals surface area contributed by atoms with Gasteiger partial charge in [0.2, 0.25) is 5.91 Å². The minimum atomic E-state index is -0.187. The highest BCUT2D eigenvalue weighted by molar-refractivity contribution is 5.95. The molecule has 1 fully saturated rings. The summed E-state index contributed by atoms with van der Waals surface area (Å²) in [5.74, 6) is 0.361. The molecule has 1 atom stereocenters. The molecule has 1 aliphatic rings. The number of likely N-dealkylation sites (tertiary alicyclic amines) is 1. The Labute approximate surface area is 153 Å². The van der Waals surface area contributed by atoms with Crippen LogP contribution in [0.5, 0.6) is 5.75 Å². The van der Waals surface area contributed by atoms with E-state index in [9.17, 15) is 9.59 Å². The van der Waals surface area contributed by atoms with Crippen molar-refractivity contribution in [1.29, 1.82) is 0 Å². The zero-order valence-corrected chi connectivity index (χ0v) is 15.1. The lowest BCUT2D eigenvalue weighted by Crippen LogP contribution is -2.34. The molecule has 0 aliphatic carbocycles. The van der Waals surface area contributed by atoms with Gasteiger partial charge in [0.1, 0.15) is 5.75 Å². The lowest BCUT2D eigenvalue weighted by molar-refractivity contribution is -0.124. The fraction of sp³-hybridized carbons (Fsp3) is 0.350. The Kier molecular flexibility index (Phi) is 5.51. The minimum Gasteiger partial charge on any atom is -0.497 e. The summed E-state index contributed by atoms with van der Waals surface area (Å²) in [6.07, 6.45) is 2.39. The lowest BCUT2D eigenvalue weighted by Gasteiger charge is -2.17. The molecule has 2 heterocycles. The molecule has 26 heavy (non-hydrogen) atoms. The van der Waals surface area contributed by atoms with Gasteiger partial charge in [-0.2, -0.15) is 0 Å². The fourth-order valence-electron chi connectivity index (χ4n) is 3.12. The van der Waals surface area contributed by atoms with Crippen LogP contribution in [0.1, 0.15) is 28.0 Å². The first-order valence-corrected chi connectivity index (χ1v) is 8.70. The molecule has 6 nitrogen and oxygen atoms in total. The van der Waals surface area contributed by atoms with Crippen molar-refractivity contribution in [2.45, 2.75) is 19.9 Å². The van der Waals surface area contributed by atoms with Crippen molar-refractivity contribution in [2.24, 2.45) is 5.92 Å².